The third kappa shape index (κ3) is 8.52. The van der Waals surface area contributed by atoms with Crippen molar-refractivity contribution < 1.29 is 13.9 Å². The Kier molecular flexibility index (Phi) is 11.8. The molecule has 1 aromatic carbocycles. The molecule has 3 rings (SSSR count). The van der Waals surface area contributed by atoms with E-state index in [1.165, 1.54) is 18.6 Å². The number of rotatable bonds is 8. The van der Waals surface area contributed by atoms with Crippen molar-refractivity contribution in [1.82, 2.24) is 15.5 Å². The Morgan fingerprint density at radius 2 is 1.89 bits per heavy atom. The number of piperidine rings is 1. The van der Waals surface area contributed by atoms with Gasteiger partial charge in [-0.25, -0.2) is 4.39 Å². The maximum absolute atomic E-state index is 12.9. The molecular weight excluding hydrogens is 404 g/mol. The van der Waals surface area contributed by atoms with Gasteiger partial charge in [0.2, 0.25) is 5.91 Å². The molecule has 0 radical (unpaired) electrons. The molecule has 1 unspecified atom stereocenters. The fraction of sp³-hybridized carbons (Fsp3) is 0.650. The van der Waals surface area contributed by atoms with E-state index in [0.717, 1.165) is 52.0 Å². The number of carbonyl (C=O) groups is 1. The van der Waals surface area contributed by atoms with Crippen molar-refractivity contribution in [3.63, 3.8) is 0 Å². The van der Waals surface area contributed by atoms with E-state index in [1.54, 1.807) is 12.1 Å². The number of ether oxygens (including phenoxy) is 1. The highest BCUT2D eigenvalue weighted by molar-refractivity contribution is 5.85. The van der Waals surface area contributed by atoms with Crippen LogP contribution in [0.5, 0.6) is 5.75 Å². The van der Waals surface area contributed by atoms with E-state index in [4.69, 9.17) is 4.74 Å². The van der Waals surface area contributed by atoms with Gasteiger partial charge >= 0.3 is 0 Å². The molecule has 160 valence electrons. The zero-order valence-electron chi connectivity index (χ0n) is 16.2. The molecule has 1 atom stereocenters. The summed E-state index contributed by atoms with van der Waals surface area (Å²) in [6.07, 6.45) is 4.84. The fourth-order valence-electron chi connectivity index (χ4n) is 3.72. The number of halogens is 3. The standard InChI is InChI=1S/C20H30FN3O2.2ClH/c21-17-2-4-19(5-3-17)26-14-13-24-11-8-18(9-12-24)23-20(25)6-1-16-7-10-22-15-16;;/h2-5,16,18,22H,1,6-15H2,(H,23,25);2*1H. The first-order chi connectivity index (χ1) is 12.7. The summed E-state index contributed by atoms with van der Waals surface area (Å²) in [5.41, 5.74) is 0. The molecule has 2 saturated heterocycles. The van der Waals surface area contributed by atoms with Crippen LogP contribution in [0.25, 0.3) is 0 Å². The number of carbonyl (C=O) groups excluding carboxylic acids is 1. The smallest absolute Gasteiger partial charge is 0.220 e. The van der Waals surface area contributed by atoms with Crippen molar-refractivity contribution >= 4 is 30.7 Å². The predicted molar refractivity (Wildman–Crippen MR) is 114 cm³/mol. The Morgan fingerprint density at radius 1 is 1.18 bits per heavy atom. The van der Waals surface area contributed by atoms with E-state index in [-0.39, 0.29) is 36.5 Å². The van der Waals surface area contributed by atoms with Crippen LogP contribution in [0.2, 0.25) is 0 Å². The Morgan fingerprint density at radius 3 is 2.54 bits per heavy atom. The van der Waals surface area contributed by atoms with Crippen LogP contribution < -0.4 is 15.4 Å². The third-order valence-electron chi connectivity index (χ3n) is 5.38. The highest BCUT2D eigenvalue weighted by Crippen LogP contribution is 2.16. The number of hydrogen-bond donors (Lipinski definition) is 2. The Bertz CT molecular complexity index is 563. The van der Waals surface area contributed by atoms with Crippen molar-refractivity contribution in [3.8, 4) is 5.75 Å². The van der Waals surface area contributed by atoms with Crippen LogP contribution in [-0.2, 0) is 4.79 Å². The van der Waals surface area contributed by atoms with E-state index in [0.29, 0.717) is 30.7 Å². The highest BCUT2D eigenvalue weighted by atomic mass is 35.5. The third-order valence-corrected chi connectivity index (χ3v) is 5.38. The predicted octanol–water partition coefficient (Wildman–Crippen LogP) is 3.02. The largest absolute Gasteiger partial charge is 0.492 e. The molecule has 2 aliphatic heterocycles. The summed E-state index contributed by atoms with van der Waals surface area (Å²) < 4.78 is 18.5. The van der Waals surface area contributed by atoms with Gasteiger partial charge in [-0.3, -0.25) is 9.69 Å². The Balaban J connectivity index is 0.00000196. The summed E-state index contributed by atoms with van der Waals surface area (Å²) in [6, 6.07) is 6.43. The minimum Gasteiger partial charge on any atom is -0.492 e. The Labute approximate surface area is 179 Å². The fourth-order valence-corrected chi connectivity index (χ4v) is 3.72. The molecule has 0 aliphatic carbocycles. The van der Waals surface area contributed by atoms with Gasteiger partial charge in [-0.1, -0.05) is 0 Å². The summed E-state index contributed by atoms with van der Waals surface area (Å²) in [7, 11) is 0. The average Bonchev–Trinajstić information content (AvgIpc) is 3.17. The van der Waals surface area contributed by atoms with Gasteiger partial charge in [-0.15, -0.1) is 24.8 Å². The van der Waals surface area contributed by atoms with Crippen LogP contribution in [0.3, 0.4) is 0 Å². The molecule has 2 heterocycles. The monoisotopic (exact) mass is 435 g/mol. The second-order valence-corrected chi connectivity index (χ2v) is 7.38. The van der Waals surface area contributed by atoms with Crippen LogP contribution in [0, 0.1) is 11.7 Å². The van der Waals surface area contributed by atoms with Gasteiger partial charge in [0.25, 0.3) is 0 Å². The first-order valence-corrected chi connectivity index (χ1v) is 9.80. The SMILES string of the molecule is Cl.Cl.O=C(CCC1CCNC1)NC1CCN(CCOc2ccc(F)cc2)CC1. The zero-order chi connectivity index (χ0) is 18.2. The first-order valence-electron chi connectivity index (χ1n) is 9.80. The van der Waals surface area contributed by atoms with E-state index in [9.17, 15) is 9.18 Å². The number of hydrogen-bond acceptors (Lipinski definition) is 4. The lowest BCUT2D eigenvalue weighted by Gasteiger charge is -2.32. The normalized spacial score (nSPS) is 20.1. The van der Waals surface area contributed by atoms with Gasteiger partial charge in [0.1, 0.15) is 18.2 Å². The van der Waals surface area contributed by atoms with Crippen molar-refractivity contribution in [2.75, 3.05) is 39.3 Å². The molecule has 2 N–H and O–H groups in total. The number of amides is 1. The molecule has 0 saturated carbocycles. The quantitative estimate of drug-likeness (QED) is 0.658. The molecule has 1 aromatic rings. The van der Waals surface area contributed by atoms with Gasteiger partial charge in [0.05, 0.1) is 0 Å². The maximum atomic E-state index is 12.9. The number of nitrogens with zero attached hydrogens (tertiary/aromatic N) is 1. The number of nitrogens with one attached hydrogen (secondary N) is 2. The van der Waals surface area contributed by atoms with Crippen LogP contribution >= 0.6 is 24.8 Å². The molecule has 28 heavy (non-hydrogen) atoms. The summed E-state index contributed by atoms with van der Waals surface area (Å²) in [5, 5.41) is 6.55. The van der Waals surface area contributed by atoms with E-state index >= 15 is 0 Å². The minimum absolute atomic E-state index is 0. The lowest BCUT2D eigenvalue weighted by atomic mass is 10.0. The average molecular weight is 436 g/mol. The minimum atomic E-state index is -0.249. The number of benzene rings is 1. The molecule has 2 fully saturated rings. The second kappa shape index (κ2) is 13.2. The lowest BCUT2D eigenvalue weighted by Crippen LogP contribution is -2.45. The van der Waals surface area contributed by atoms with Gasteiger partial charge in [0.15, 0.2) is 0 Å². The second-order valence-electron chi connectivity index (χ2n) is 7.38. The van der Waals surface area contributed by atoms with Crippen molar-refractivity contribution in [2.24, 2.45) is 5.92 Å². The van der Waals surface area contributed by atoms with E-state index < -0.39 is 0 Å². The first kappa shape index (κ1) is 25.0. The molecule has 0 bridgehead atoms. The van der Waals surface area contributed by atoms with Gasteiger partial charge in [0, 0.05) is 32.1 Å². The van der Waals surface area contributed by atoms with Crippen molar-refractivity contribution in [3.05, 3.63) is 30.1 Å². The zero-order valence-corrected chi connectivity index (χ0v) is 17.8. The molecular formula is C20H32Cl2FN3O2. The van der Waals surface area contributed by atoms with Gasteiger partial charge in [-0.2, -0.15) is 0 Å². The summed E-state index contributed by atoms with van der Waals surface area (Å²) >= 11 is 0. The summed E-state index contributed by atoms with van der Waals surface area (Å²) in [4.78, 5) is 14.5. The maximum Gasteiger partial charge on any atom is 0.220 e. The Hall–Kier alpha value is -1.08. The van der Waals surface area contributed by atoms with E-state index in [2.05, 4.69) is 15.5 Å². The molecule has 0 aromatic heterocycles. The number of likely N-dealkylation sites (tertiary alicyclic amines) is 1. The molecule has 1 amide bonds. The van der Waals surface area contributed by atoms with Crippen LogP contribution in [0.1, 0.15) is 32.1 Å². The van der Waals surface area contributed by atoms with Crippen molar-refractivity contribution in [2.45, 2.75) is 38.1 Å². The van der Waals surface area contributed by atoms with Crippen molar-refractivity contribution in [1.29, 1.82) is 0 Å². The van der Waals surface area contributed by atoms with Crippen LogP contribution in [0.4, 0.5) is 4.39 Å². The summed E-state index contributed by atoms with van der Waals surface area (Å²) in [6.45, 7) is 5.56. The topological polar surface area (TPSA) is 53.6 Å². The van der Waals surface area contributed by atoms with E-state index in [1.807, 2.05) is 0 Å². The molecule has 5 nitrogen and oxygen atoms in total. The van der Waals surface area contributed by atoms with Gasteiger partial charge < -0.3 is 15.4 Å². The summed E-state index contributed by atoms with van der Waals surface area (Å²) in [5.74, 6) is 1.33. The molecule has 8 heteroatoms. The van der Waals surface area contributed by atoms with Crippen LogP contribution in [-0.4, -0.2) is 56.2 Å². The molecule has 0 spiro atoms. The lowest BCUT2D eigenvalue weighted by molar-refractivity contribution is -0.122. The molecule has 2 aliphatic rings. The van der Waals surface area contributed by atoms with Gasteiger partial charge in [-0.05, 0) is 69.0 Å². The van der Waals surface area contributed by atoms with Crippen LogP contribution in [0.15, 0.2) is 24.3 Å². The highest BCUT2D eigenvalue weighted by Gasteiger charge is 2.21.